The fourth-order valence-electron chi connectivity index (χ4n) is 3.24. The Kier molecular flexibility index (Phi) is 3.38. The molecule has 1 saturated heterocycles. The third-order valence-electron chi connectivity index (χ3n) is 4.16. The van der Waals surface area contributed by atoms with E-state index in [-0.39, 0.29) is 17.7 Å². The van der Waals surface area contributed by atoms with Gasteiger partial charge in [0.25, 0.3) is 0 Å². The number of likely N-dealkylation sites (tertiary alicyclic amines) is 1. The summed E-state index contributed by atoms with van der Waals surface area (Å²) in [5.41, 5.74) is 0.752. The molecule has 0 spiro atoms. The number of hydrogen-bond donors (Lipinski definition) is 1. The van der Waals surface area contributed by atoms with Crippen molar-refractivity contribution in [2.24, 2.45) is 0 Å². The van der Waals surface area contributed by atoms with E-state index in [4.69, 9.17) is 0 Å². The Morgan fingerprint density at radius 3 is 2.90 bits per heavy atom. The predicted molar refractivity (Wildman–Crippen MR) is 77.2 cm³/mol. The zero-order valence-corrected chi connectivity index (χ0v) is 11.9. The first-order valence-electron chi connectivity index (χ1n) is 7.24. The molecular formula is C15H20FN3O. The van der Waals surface area contributed by atoms with Gasteiger partial charge in [0.2, 0.25) is 0 Å². The van der Waals surface area contributed by atoms with Gasteiger partial charge < -0.3 is 4.98 Å². The second kappa shape index (κ2) is 5.05. The molecule has 5 heteroatoms. The quantitative estimate of drug-likeness (QED) is 0.917. The van der Waals surface area contributed by atoms with Gasteiger partial charge in [0.05, 0.1) is 11.7 Å². The molecule has 1 aromatic heterocycles. The minimum atomic E-state index is -0.338. The van der Waals surface area contributed by atoms with Crippen molar-refractivity contribution in [2.45, 2.75) is 45.3 Å². The van der Waals surface area contributed by atoms with Gasteiger partial charge in [-0.15, -0.1) is 0 Å². The molecule has 2 heterocycles. The lowest BCUT2D eigenvalue weighted by Gasteiger charge is -2.39. The molecule has 1 N–H and O–H groups in total. The summed E-state index contributed by atoms with van der Waals surface area (Å²) in [5, 5.41) is 0. The molecule has 0 saturated carbocycles. The number of para-hydroxylation sites is 1. The zero-order chi connectivity index (χ0) is 14.3. The zero-order valence-electron chi connectivity index (χ0n) is 11.9. The number of piperidine rings is 1. The molecule has 0 amide bonds. The number of benzene rings is 1. The van der Waals surface area contributed by atoms with Crippen LogP contribution in [-0.4, -0.2) is 27.0 Å². The third kappa shape index (κ3) is 2.06. The summed E-state index contributed by atoms with van der Waals surface area (Å²) < 4.78 is 15.7. The molecule has 2 aromatic rings. The number of nitrogens with one attached hydrogen (secondary N) is 1. The molecule has 0 aliphatic carbocycles. The van der Waals surface area contributed by atoms with Gasteiger partial charge >= 0.3 is 5.69 Å². The first-order valence-corrected chi connectivity index (χ1v) is 7.24. The summed E-state index contributed by atoms with van der Waals surface area (Å²) >= 11 is 0. The molecule has 1 aromatic carbocycles. The van der Waals surface area contributed by atoms with Crippen LogP contribution in [0.15, 0.2) is 23.0 Å². The molecule has 108 valence electrons. The van der Waals surface area contributed by atoms with Crippen molar-refractivity contribution < 1.29 is 4.39 Å². The fraction of sp³-hybridized carbons (Fsp3) is 0.533. The maximum atomic E-state index is 14.1. The van der Waals surface area contributed by atoms with E-state index >= 15 is 0 Å². The van der Waals surface area contributed by atoms with Gasteiger partial charge in [0.15, 0.2) is 0 Å². The summed E-state index contributed by atoms with van der Waals surface area (Å²) in [6, 6.07) is 5.12. The number of H-pyrrole nitrogens is 1. The van der Waals surface area contributed by atoms with Crippen molar-refractivity contribution in [1.82, 2.24) is 14.5 Å². The fourth-order valence-corrected chi connectivity index (χ4v) is 3.24. The van der Waals surface area contributed by atoms with Crippen LogP contribution in [0.5, 0.6) is 0 Å². The Balaban J connectivity index is 2.17. The second-order valence-corrected chi connectivity index (χ2v) is 5.74. The molecule has 0 radical (unpaired) electrons. The Morgan fingerprint density at radius 1 is 1.35 bits per heavy atom. The number of hydrogen-bond acceptors (Lipinski definition) is 2. The largest absolute Gasteiger partial charge is 0.327 e. The number of aromatic amines is 1. The van der Waals surface area contributed by atoms with E-state index in [1.807, 2.05) is 0 Å². The van der Waals surface area contributed by atoms with Gasteiger partial charge in [-0.25, -0.2) is 9.18 Å². The number of rotatable bonds is 2. The number of nitrogens with zero attached hydrogens (tertiary/aromatic N) is 2. The van der Waals surface area contributed by atoms with E-state index in [1.165, 1.54) is 6.07 Å². The van der Waals surface area contributed by atoms with Crippen LogP contribution in [0.25, 0.3) is 11.0 Å². The van der Waals surface area contributed by atoms with Crippen molar-refractivity contribution in [3.8, 4) is 0 Å². The van der Waals surface area contributed by atoms with Gasteiger partial charge in [-0.3, -0.25) is 9.47 Å². The highest BCUT2D eigenvalue weighted by Crippen LogP contribution is 2.30. The van der Waals surface area contributed by atoms with Crippen LogP contribution in [-0.2, 0) is 0 Å². The van der Waals surface area contributed by atoms with E-state index in [9.17, 15) is 9.18 Å². The van der Waals surface area contributed by atoms with E-state index < -0.39 is 0 Å². The molecule has 1 aliphatic rings. The summed E-state index contributed by atoms with van der Waals surface area (Å²) in [4.78, 5) is 17.3. The summed E-state index contributed by atoms with van der Waals surface area (Å²) in [6.07, 6.45) is 3.04. The molecule has 1 atom stereocenters. The first-order chi connectivity index (χ1) is 9.59. The van der Waals surface area contributed by atoms with E-state index in [1.54, 1.807) is 16.7 Å². The lowest BCUT2D eigenvalue weighted by molar-refractivity contribution is 0.0646. The summed E-state index contributed by atoms with van der Waals surface area (Å²) in [6.45, 7) is 5.19. The normalized spacial score (nSPS) is 20.9. The van der Waals surface area contributed by atoms with Gasteiger partial charge in [-0.2, -0.15) is 0 Å². The standard InChI is InChI=1S/C15H20FN3O/c1-10(2)18-9-4-3-8-13(18)19-14-11(16)6-5-7-12(14)17-15(19)20/h5-7,10,13H,3-4,8-9H2,1-2H3,(H,17,20). The number of imidazole rings is 1. The monoisotopic (exact) mass is 277 g/mol. The van der Waals surface area contributed by atoms with E-state index in [0.717, 1.165) is 25.8 Å². The Bertz CT molecular complexity index is 673. The number of fused-ring (bicyclic) bond motifs is 1. The van der Waals surface area contributed by atoms with Gasteiger partial charge in [0, 0.05) is 12.6 Å². The highest BCUT2D eigenvalue weighted by atomic mass is 19.1. The molecular weight excluding hydrogens is 257 g/mol. The van der Waals surface area contributed by atoms with E-state index in [0.29, 0.717) is 17.1 Å². The number of aromatic nitrogens is 2. The molecule has 3 rings (SSSR count). The SMILES string of the molecule is CC(C)N1CCCCC1n1c(=O)[nH]c2cccc(F)c21. The lowest BCUT2D eigenvalue weighted by atomic mass is 10.1. The minimum absolute atomic E-state index is 0.0538. The Hall–Kier alpha value is -1.62. The number of halogens is 1. The van der Waals surface area contributed by atoms with Gasteiger partial charge in [-0.05, 0) is 45.2 Å². The predicted octanol–water partition coefficient (Wildman–Crippen LogP) is 2.86. The third-order valence-corrected chi connectivity index (χ3v) is 4.16. The van der Waals surface area contributed by atoms with Crippen LogP contribution >= 0.6 is 0 Å². The van der Waals surface area contributed by atoms with Crippen molar-refractivity contribution in [3.63, 3.8) is 0 Å². The van der Waals surface area contributed by atoms with Crippen molar-refractivity contribution in [1.29, 1.82) is 0 Å². The van der Waals surface area contributed by atoms with Crippen LogP contribution in [0.4, 0.5) is 4.39 Å². The maximum absolute atomic E-state index is 14.1. The highest BCUT2D eigenvalue weighted by molar-refractivity contribution is 5.75. The van der Waals surface area contributed by atoms with Crippen LogP contribution < -0.4 is 5.69 Å². The molecule has 20 heavy (non-hydrogen) atoms. The molecule has 1 fully saturated rings. The average Bonchev–Trinajstić information content (AvgIpc) is 2.76. The first kappa shape index (κ1) is 13.4. The van der Waals surface area contributed by atoms with Crippen LogP contribution in [0, 0.1) is 5.82 Å². The molecule has 0 bridgehead atoms. The van der Waals surface area contributed by atoms with Crippen LogP contribution in [0.3, 0.4) is 0 Å². The van der Waals surface area contributed by atoms with Gasteiger partial charge in [-0.1, -0.05) is 6.07 Å². The lowest BCUT2D eigenvalue weighted by Crippen LogP contribution is -2.44. The highest BCUT2D eigenvalue weighted by Gasteiger charge is 2.29. The van der Waals surface area contributed by atoms with Crippen molar-refractivity contribution >= 4 is 11.0 Å². The summed E-state index contributed by atoms with van der Waals surface area (Å²) in [5.74, 6) is -0.338. The Morgan fingerprint density at radius 2 is 2.15 bits per heavy atom. The van der Waals surface area contributed by atoms with Crippen LogP contribution in [0.2, 0.25) is 0 Å². The molecule has 4 nitrogen and oxygen atoms in total. The summed E-state index contributed by atoms with van der Waals surface area (Å²) in [7, 11) is 0. The molecule has 1 unspecified atom stereocenters. The topological polar surface area (TPSA) is 41.0 Å². The Labute approximate surface area is 117 Å². The van der Waals surface area contributed by atoms with Crippen molar-refractivity contribution in [3.05, 3.63) is 34.5 Å². The van der Waals surface area contributed by atoms with Crippen LogP contribution in [0.1, 0.15) is 39.3 Å². The van der Waals surface area contributed by atoms with E-state index in [2.05, 4.69) is 23.7 Å². The minimum Gasteiger partial charge on any atom is -0.305 e. The maximum Gasteiger partial charge on any atom is 0.327 e. The van der Waals surface area contributed by atoms with Gasteiger partial charge in [0.1, 0.15) is 11.3 Å². The van der Waals surface area contributed by atoms with Crippen molar-refractivity contribution in [2.75, 3.05) is 6.54 Å². The molecule has 1 aliphatic heterocycles. The second-order valence-electron chi connectivity index (χ2n) is 5.74. The average molecular weight is 277 g/mol. The smallest absolute Gasteiger partial charge is 0.305 e.